The number of carboxylic acids is 1. The van der Waals surface area contributed by atoms with Gasteiger partial charge in [0.25, 0.3) is 11.8 Å². The number of nitrogens with zero attached hydrogens (tertiary/aromatic N) is 4. The Labute approximate surface area is 143 Å². The van der Waals surface area contributed by atoms with Crippen molar-refractivity contribution in [2.45, 2.75) is 13.0 Å². The first-order chi connectivity index (χ1) is 12.0. The van der Waals surface area contributed by atoms with Gasteiger partial charge in [-0.2, -0.15) is 5.10 Å². The zero-order chi connectivity index (χ0) is 17.8. The molecule has 9 heteroatoms. The molecule has 1 saturated heterocycles. The van der Waals surface area contributed by atoms with Gasteiger partial charge in [-0.25, -0.2) is 0 Å². The van der Waals surface area contributed by atoms with Crippen LogP contribution < -0.4 is 0 Å². The zero-order valence-electron chi connectivity index (χ0n) is 13.5. The topological polar surface area (TPSA) is 109 Å². The number of aliphatic carboxylic acids is 1. The van der Waals surface area contributed by atoms with Crippen molar-refractivity contribution in [3.63, 3.8) is 0 Å². The summed E-state index contributed by atoms with van der Waals surface area (Å²) in [6.07, 6.45) is 2.99. The van der Waals surface area contributed by atoms with Crippen molar-refractivity contribution in [1.29, 1.82) is 0 Å². The van der Waals surface area contributed by atoms with Crippen LogP contribution >= 0.6 is 0 Å². The van der Waals surface area contributed by atoms with Crippen LogP contribution in [-0.4, -0.2) is 68.6 Å². The van der Waals surface area contributed by atoms with E-state index in [4.69, 9.17) is 9.52 Å². The highest BCUT2D eigenvalue weighted by Gasteiger charge is 2.27. The predicted molar refractivity (Wildman–Crippen MR) is 85.0 cm³/mol. The summed E-state index contributed by atoms with van der Waals surface area (Å²) in [5, 5.41) is 12.8. The Morgan fingerprint density at radius 1 is 1.08 bits per heavy atom. The van der Waals surface area contributed by atoms with Gasteiger partial charge in [-0.05, 0) is 18.2 Å². The van der Waals surface area contributed by atoms with Gasteiger partial charge in [0.05, 0.1) is 19.2 Å². The monoisotopic (exact) mass is 346 g/mol. The van der Waals surface area contributed by atoms with Gasteiger partial charge in [0.15, 0.2) is 5.76 Å². The molecule has 0 radical (unpaired) electrons. The van der Waals surface area contributed by atoms with Crippen molar-refractivity contribution >= 4 is 17.8 Å². The minimum absolute atomic E-state index is 0.0527. The molecule has 2 amide bonds. The first-order valence-corrected chi connectivity index (χ1v) is 7.92. The Bertz CT molecular complexity index is 759. The number of rotatable bonds is 5. The normalized spacial score (nSPS) is 14.6. The van der Waals surface area contributed by atoms with Crippen molar-refractivity contribution in [3.8, 4) is 0 Å². The van der Waals surface area contributed by atoms with Crippen LogP contribution in [0.15, 0.2) is 35.1 Å². The Kier molecular flexibility index (Phi) is 4.82. The molecule has 3 heterocycles. The van der Waals surface area contributed by atoms with Crippen molar-refractivity contribution in [2.24, 2.45) is 0 Å². The molecule has 0 unspecified atom stereocenters. The van der Waals surface area contributed by atoms with Gasteiger partial charge >= 0.3 is 5.97 Å². The van der Waals surface area contributed by atoms with Crippen molar-refractivity contribution in [1.82, 2.24) is 19.6 Å². The lowest BCUT2D eigenvalue weighted by Crippen LogP contribution is -2.50. The summed E-state index contributed by atoms with van der Waals surface area (Å²) in [7, 11) is 0. The lowest BCUT2D eigenvalue weighted by atomic mass is 10.2. The molecule has 0 bridgehead atoms. The lowest BCUT2D eigenvalue weighted by Gasteiger charge is -2.33. The molecular formula is C16H18N4O5. The third kappa shape index (κ3) is 3.87. The average Bonchev–Trinajstić information content (AvgIpc) is 3.30. The van der Waals surface area contributed by atoms with Crippen molar-refractivity contribution in [2.75, 3.05) is 26.2 Å². The molecule has 2 aromatic rings. The van der Waals surface area contributed by atoms with E-state index in [2.05, 4.69) is 5.10 Å². The molecule has 0 aromatic carbocycles. The SMILES string of the molecule is O=C(O)CCn1ccc(C(=O)N2CCN(C(=O)c3ccco3)CC2)n1. The maximum atomic E-state index is 12.5. The van der Waals surface area contributed by atoms with Gasteiger partial charge in [-0.3, -0.25) is 19.1 Å². The highest BCUT2D eigenvalue weighted by Crippen LogP contribution is 2.11. The van der Waals surface area contributed by atoms with Crippen LogP contribution in [0.3, 0.4) is 0 Å². The smallest absolute Gasteiger partial charge is 0.305 e. The number of carbonyl (C=O) groups excluding carboxylic acids is 2. The van der Waals surface area contributed by atoms with E-state index in [9.17, 15) is 14.4 Å². The fourth-order valence-corrected chi connectivity index (χ4v) is 2.64. The van der Waals surface area contributed by atoms with Crippen molar-refractivity contribution < 1.29 is 23.9 Å². The highest BCUT2D eigenvalue weighted by atomic mass is 16.4. The predicted octanol–water partition coefficient (Wildman–Crippen LogP) is 0.549. The summed E-state index contributed by atoms with van der Waals surface area (Å²) in [5.74, 6) is -1.04. The maximum absolute atomic E-state index is 12.5. The van der Waals surface area contributed by atoms with Crippen LogP contribution in [0.4, 0.5) is 0 Å². The Morgan fingerprint density at radius 2 is 1.76 bits per heavy atom. The van der Waals surface area contributed by atoms with E-state index in [-0.39, 0.29) is 36.2 Å². The largest absolute Gasteiger partial charge is 0.481 e. The molecule has 0 atom stereocenters. The number of hydrogen-bond donors (Lipinski definition) is 1. The fourth-order valence-electron chi connectivity index (χ4n) is 2.64. The van der Waals surface area contributed by atoms with E-state index in [1.165, 1.54) is 10.9 Å². The van der Waals surface area contributed by atoms with Gasteiger partial charge in [-0.1, -0.05) is 0 Å². The third-order valence-corrected chi connectivity index (χ3v) is 4.00. The molecule has 0 aliphatic carbocycles. The van der Waals surface area contributed by atoms with Gasteiger partial charge < -0.3 is 19.3 Å². The molecule has 3 rings (SSSR count). The van der Waals surface area contributed by atoms with Gasteiger partial charge in [0.2, 0.25) is 0 Å². The number of aromatic nitrogens is 2. The number of hydrogen-bond acceptors (Lipinski definition) is 5. The number of carboxylic acid groups (broad SMARTS) is 1. The molecule has 1 fully saturated rings. The summed E-state index contributed by atoms with van der Waals surface area (Å²) in [6, 6.07) is 4.85. The number of furan rings is 1. The van der Waals surface area contributed by atoms with Crippen LogP contribution in [0.5, 0.6) is 0 Å². The van der Waals surface area contributed by atoms with E-state index in [1.807, 2.05) is 0 Å². The minimum Gasteiger partial charge on any atom is -0.481 e. The Morgan fingerprint density at radius 3 is 2.36 bits per heavy atom. The third-order valence-electron chi connectivity index (χ3n) is 4.00. The summed E-state index contributed by atoms with van der Waals surface area (Å²) >= 11 is 0. The second kappa shape index (κ2) is 7.20. The molecule has 2 aromatic heterocycles. The molecule has 1 aliphatic rings. The first kappa shape index (κ1) is 16.7. The van der Waals surface area contributed by atoms with Gasteiger partial charge in [-0.15, -0.1) is 0 Å². The number of aryl methyl sites for hydroxylation is 1. The van der Waals surface area contributed by atoms with E-state index in [0.29, 0.717) is 26.2 Å². The molecule has 0 spiro atoms. The second-order valence-electron chi connectivity index (χ2n) is 5.67. The molecule has 25 heavy (non-hydrogen) atoms. The Balaban J connectivity index is 1.55. The van der Waals surface area contributed by atoms with E-state index in [1.54, 1.807) is 34.2 Å². The van der Waals surface area contributed by atoms with Gasteiger partial charge in [0.1, 0.15) is 5.69 Å². The van der Waals surface area contributed by atoms with Crippen LogP contribution in [0, 0.1) is 0 Å². The van der Waals surface area contributed by atoms with Crippen LogP contribution in [0.1, 0.15) is 27.5 Å². The molecule has 0 saturated carbocycles. The zero-order valence-corrected chi connectivity index (χ0v) is 13.5. The summed E-state index contributed by atoms with van der Waals surface area (Å²) < 4.78 is 6.55. The summed E-state index contributed by atoms with van der Waals surface area (Å²) in [6.45, 7) is 1.88. The summed E-state index contributed by atoms with van der Waals surface area (Å²) in [4.78, 5) is 38.5. The molecule has 1 aliphatic heterocycles. The second-order valence-corrected chi connectivity index (χ2v) is 5.67. The Hall–Kier alpha value is -3.10. The number of carbonyl (C=O) groups is 3. The number of amides is 2. The van der Waals surface area contributed by atoms with Gasteiger partial charge in [0, 0.05) is 32.4 Å². The molecule has 1 N–H and O–H groups in total. The molecule has 132 valence electrons. The van der Waals surface area contributed by atoms with Crippen LogP contribution in [0.2, 0.25) is 0 Å². The lowest BCUT2D eigenvalue weighted by molar-refractivity contribution is -0.137. The van der Waals surface area contributed by atoms with E-state index < -0.39 is 5.97 Å². The maximum Gasteiger partial charge on any atom is 0.305 e. The molecule has 9 nitrogen and oxygen atoms in total. The minimum atomic E-state index is -0.916. The molecular weight excluding hydrogens is 328 g/mol. The quantitative estimate of drug-likeness (QED) is 0.847. The van der Waals surface area contributed by atoms with Crippen molar-refractivity contribution in [3.05, 3.63) is 42.1 Å². The fraction of sp³-hybridized carbons (Fsp3) is 0.375. The first-order valence-electron chi connectivity index (χ1n) is 7.92. The van der Waals surface area contributed by atoms with Crippen LogP contribution in [-0.2, 0) is 11.3 Å². The summed E-state index contributed by atoms with van der Waals surface area (Å²) in [5.41, 5.74) is 0.274. The number of piperazine rings is 1. The average molecular weight is 346 g/mol. The van der Waals surface area contributed by atoms with E-state index >= 15 is 0 Å². The van der Waals surface area contributed by atoms with Crippen LogP contribution in [0.25, 0.3) is 0 Å². The standard InChI is InChI=1S/C16H18N4O5/c21-14(22)4-6-20-5-3-12(17-20)15(23)18-7-9-19(10-8-18)16(24)13-2-1-11-25-13/h1-3,5,11H,4,6-10H2,(H,21,22). The van der Waals surface area contributed by atoms with E-state index in [0.717, 1.165) is 0 Å². The highest BCUT2D eigenvalue weighted by molar-refractivity contribution is 5.93.